The van der Waals surface area contributed by atoms with Crippen LogP contribution in [0.2, 0.25) is 0 Å². The predicted octanol–water partition coefficient (Wildman–Crippen LogP) is 1.03. The highest BCUT2D eigenvalue weighted by atomic mass is 19.1. The van der Waals surface area contributed by atoms with Gasteiger partial charge in [-0.2, -0.15) is 0 Å². The smallest absolute Gasteiger partial charge is 0.222 e. The Morgan fingerprint density at radius 1 is 1.47 bits per heavy atom. The Bertz CT molecular complexity index is 295. The minimum Gasteiger partial charge on any atom is -0.354 e. The molecule has 1 aliphatic heterocycles. The highest BCUT2D eigenvalue weighted by molar-refractivity contribution is 5.21. The molecule has 1 fully saturated rings. The van der Waals surface area contributed by atoms with Gasteiger partial charge in [0, 0.05) is 6.54 Å². The van der Waals surface area contributed by atoms with Gasteiger partial charge in [-0.15, -0.1) is 0 Å². The molecule has 5 heteroatoms. The zero-order valence-corrected chi connectivity index (χ0v) is 8.54. The fourth-order valence-corrected chi connectivity index (χ4v) is 1.75. The molecule has 2 rings (SSSR count). The summed E-state index contributed by atoms with van der Waals surface area (Å²) in [6.07, 6.45) is 4.69. The Morgan fingerprint density at radius 3 is 2.93 bits per heavy atom. The molecule has 82 valence electrons. The van der Waals surface area contributed by atoms with Crippen LogP contribution in [0.25, 0.3) is 0 Å². The van der Waals surface area contributed by atoms with E-state index in [2.05, 4.69) is 20.6 Å². The molecular weight excluding hydrogens is 195 g/mol. The molecule has 1 aliphatic rings. The molecule has 0 aromatic carbocycles. The highest BCUT2D eigenvalue weighted by Crippen LogP contribution is 2.11. The Hall–Kier alpha value is -1.23. The third kappa shape index (κ3) is 3.13. The van der Waals surface area contributed by atoms with E-state index in [-0.39, 0.29) is 0 Å². The molecule has 0 bridgehead atoms. The van der Waals surface area contributed by atoms with Crippen molar-refractivity contribution in [2.24, 2.45) is 5.92 Å². The summed E-state index contributed by atoms with van der Waals surface area (Å²) in [5, 5.41) is 6.40. The normalized spacial score (nSPS) is 20.5. The van der Waals surface area contributed by atoms with Gasteiger partial charge in [0.15, 0.2) is 5.82 Å². The molecule has 0 radical (unpaired) electrons. The lowest BCUT2D eigenvalue weighted by Gasteiger charge is -2.08. The van der Waals surface area contributed by atoms with Gasteiger partial charge in [0.1, 0.15) is 0 Å². The van der Waals surface area contributed by atoms with Crippen LogP contribution in [-0.2, 0) is 0 Å². The van der Waals surface area contributed by atoms with E-state index in [1.807, 2.05) is 0 Å². The summed E-state index contributed by atoms with van der Waals surface area (Å²) in [6, 6.07) is 0. The Morgan fingerprint density at radius 2 is 2.27 bits per heavy atom. The lowest BCUT2D eigenvalue weighted by Crippen LogP contribution is -2.13. The van der Waals surface area contributed by atoms with Gasteiger partial charge in [0.05, 0.1) is 12.4 Å². The Balaban J connectivity index is 1.71. The van der Waals surface area contributed by atoms with E-state index in [9.17, 15) is 4.39 Å². The highest BCUT2D eigenvalue weighted by Gasteiger charge is 2.13. The molecular formula is C10H15FN4. The molecule has 15 heavy (non-hydrogen) atoms. The molecule has 0 saturated carbocycles. The predicted molar refractivity (Wildman–Crippen MR) is 56.1 cm³/mol. The van der Waals surface area contributed by atoms with E-state index in [1.165, 1.54) is 18.8 Å². The zero-order valence-electron chi connectivity index (χ0n) is 8.54. The maximum Gasteiger partial charge on any atom is 0.222 e. The average molecular weight is 210 g/mol. The molecule has 0 aliphatic carbocycles. The van der Waals surface area contributed by atoms with E-state index in [1.54, 1.807) is 0 Å². The van der Waals surface area contributed by atoms with Crippen LogP contribution in [0.15, 0.2) is 12.4 Å². The van der Waals surface area contributed by atoms with Crippen molar-refractivity contribution in [2.45, 2.75) is 12.8 Å². The van der Waals surface area contributed by atoms with Crippen LogP contribution < -0.4 is 10.6 Å². The second-order valence-corrected chi connectivity index (χ2v) is 3.80. The minimum absolute atomic E-state index is 0.402. The van der Waals surface area contributed by atoms with Gasteiger partial charge in [0.25, 0.3) is 0 Å². The van der Waals surface area contributed by atoms with Gasteiger partial charge in [-0.05, 0) is 31.8 Å². The van der Waals surface area contributed by atoms with E-state index in [0.29, 0.717) is 5.95 Å². The summed E-state index contributed by atoms with van der Waals surface area (Å²) in [6.45, 7) is 3.07. The summed E-state index contributed by atoms with van der Waals surface area (Å²) < 4.78 is 12.5. The fraction of sp³-hybridized carbons (Fsp3) is 0.600. The lowest BCUT2D eigenvalue weighted by atomic mass is 10.1. The number of anilines is 1. The number of hydrogen-bond donors (Lipinski definition) is 2. The quantitative estimate of drug-likeness (QED) is 0.779. The van der Waals surface area contributed by atoms with Crippen LogP contribution in [0.4, 0.5) is 10.3 Å². The van der Waals surface area contributed by atoms with Crippen molar-refractivity contribution in [1.29, 1.82) is 0 Å². The van der Waals surface area contributed by atoms with E-state index in [0.717, 1.165) is 32.0 Å². The van der Waals surface area contributed by atoms with Crippen molar-refractivity contribution in [3.8, 4) is 0 Å². The Labute approximate surface area is 88.3 Å². The molecule has 1 aromatic rings. The zero-order chi connectivity index (χ0) is 10.5. The standard InChI is InChI=1S/C10H15FN4/c11-9-6-14-10(15-7-9)13-4-2-8-1-3-12-5-8/h6-8,12H,1-5H2,(H,13,14,15). The van der Waals surface area contributed by atoms with Crippen molar-refractivity contribution in [3.63, 3.8) is 0 Å². The number of nitrogens with one attached hydrogen (secondary N) is 2. The second-order valence-electron chi connectivity index (χ2n) is 3.80. The second kappa shape index (κ2) is 5.02. The van der Waals surface area contributed by atoms with Crippen molar-refractivity contribution in [3.05, 3.63) is 18.2 Å². The average Bonchev–Trinajstić information content (AvgIpc) is 2.74. The first-order valence-corrected chi connectivity index (χ1v) is 5.27. The third-order valence-corrected chi connectivity index (χ3v) is 2.62. The molecule has 1 unspecified atom stereocenters. The number of halogens is 1. The molecule has 1 atom stereocenters. The van der Waals surface area contributed by atoms with Gasteiger partial charge < -0.3 is 10.6 Å². The summed E-state index contributed by atoms with van der Waals surface area (Å²) >= 11 is 0. The van der Waals surface area contributed by atoms with Crippen molar-refractivity contribution in [2.75, 3.05) is 25.0 Å². The summed E-state index contributed by atoms with van der Waals surface area (Å²) in [4.78, 5) is 7.66. The maximum atomic E-state index is 12.5. The molecule has 0 amide bonds. The number of hydrogen-bond acceptors (Lipinski definition) is 4. The monoisotopic (exact) mass is 210 g/mol. The summed E-state index contributed by atoms with van der Waals surface area (Å²) in [7, 11) is 0. The van der Waals surface area contributed by atoms with E-state index < -0.39 is 5.82 Å². The van der Waals surface area contributed by atoms with Gasteiger partial charge in [0.2, 0.25) is 5.95 Å². The molecule has 1 aromatic heterocycles. The van der Waals surface area contributed by atoms with Crippen molar-refractivity contribution in [1.82, 2.24) is 15.3 Å². The van der Waals surface area contributed by atoms with Crippen LogP contribution in [-0.4, -0.2) is 29.6 Å². The molecule has 1 saturated heterocycles. The molecule has 2 N–H and O–H groups in total. The minimum atomic E-state index is -0.402. The van der Waals surface area contributed by atoms with Gasteiger partial charge >= 0.3 is 0 Å². The number of nitrogens with zero attached hydrogens (tertiary/aromatic N) is 2. The first-order valence-electron chi connectivity index (χ1n) is 5.27. The lowest BCUT2D eigenvalue weighted by molar-refractivity contribution is 0.548. The van der Waals surface area contributed by atoms with Crippen molar-refractivity contribution >= 4 is 5.95 Å². The number of aromatic nitrogens is 2. The molecule has 0 spiro atoms. The van der Waals surface area contributed by atoms with E-state index in [4.69, 9.17) is 0 Å². The van der Waals surface area contributed by atoms with Crippen LogP contribution in [0.1, 0.15) is 12.8 Å². The van der Waals surface area contributed by atoms with Crippen LogP contribution in [0.5, 0.6) is 0 Å². The van der Waals surface area contributed by atoms with Crippen LogP contribution in [0, 0.1) is 11.7 Å². The Kier molecular flexibility index (Phi) is 3.45. The number of rotatable bonds is 4. The van der Waals surface area contributed by atoms with Crippen LogP contribution in [0.3, 0.4) is 0 Å². The fourth-order valence-electron chi connectivity index (χ4n) is 1.75. The summed E-state index contributed by atoms with van der Waals surface area (Å²) in [5.41, 5.74) is 0. The SMILES string of the molecule is Fc1cnc(NCCC2CCNC2)nc1. The first kappa shape index (κ1) is 10.3. The van der Waals surface area contributed by atoms with Gasteiger partial charge in [-0.3, -0.25) is 0 Å². The van der Waals surface area contributed by atoms with Crippen LogP contribution >= 0.6 is 0 Å². The maximum absolute atomic E-state index is 12.5. The third-order valence-electron chi connectivity index (χ3n) is 2.62. The topological polar surface area (TPSA) is 49.8 Å². The first-order chi connectivity index (χ1) is 7.34. The van der Waals surface area contributed by atoms with Gasteiger partial charge in [-0.25, -0.2) is 14.4 Å². The largest absolute Gasteiger partial charge is 0.354 e. The summed E-state index contributed by atoms with van der Waals surface area (Å²) in [5.74, 6) is 0.848. The molecule has 4 nitrogen and oxygen atoms in total. The molecule has 2 heterocycles. The van der Waals surface area contributed by atoms with Crippen molar-refractivity contribution < 1.29 is 4.39 Å². The van der Waals surface area contributed by atoms with E-state index >= 15 is 0 Å². The van der Waals surface area contributed by atoms with Gasteiger partial charge in [-0.1, -0.05) is 0 Å².